The Morgan fingerprint density at radius 1 is 1.36 bits per heavy atom. The zero-order valence-electron chi connectivity index (χ0n) is 11.8. The zero-order chi connectivity index (χ0) is 15.7. The van der Waals surface area contributed by atoms with E-state index in [0.717, 1.165) is 0 Å². The summed E-state index contributed by atoms with van der Waals surface area (Å²) in [5.74, 6) is 0.374. The first-order valence-electron chi connectivity index (χ1n) is 6.57. The standard InChI is InChI=1S/C15H12ClFN4O/c1-3-22-9(2)11-6-19-15(20-14(11)16)12-7-18-13-5-4-10(17)8-21(12)13/h4-8H,2-3H2,1H3. The Morgan fingerprint density at radius 2 is 2.18 bits per heavy atom. The van der Waals surface area contributed by atoms with Gasteiger partial charge in [0.1, 0.15) is 28.1 Å². The fourth-order valence-corrected chi connectivity index (χ4v) is 2.28. The lowest BCUT2D eigenvalue weighted by Gasteiger charge is -2.08. The predicted octanol–water partition coefficient (Wildman–Crippen LogP) is 3.59. The molecule has 0 amide bonds. The average Bonchev–Trinajstić information content (AvgIpc) is 2.90. The van der Waals surface area contributed by atoms with Gasteiger partial charge in [-0.1, -0.05) is 18.2 Å². The van der Waals surface area contributed by atoms with E-state index in [1.165, 1.54) is 18.5 Å². The summed E-state index contributed by atoms with van der Waals surface area (Å²) in [5, 5.41) is 0.217. The second-order valence-electron chi connectivity index (χ2n) is 4.47. The SMILES string of the molecule is C=C(OCC)c1cnc(-c2cnc3ccc(F)cn23)nc1Cl. The normalized spacial score (nSPS) is 10.9. The largest absolute Gasteiger partial charge is 0.494 e. The van der Waals surface area contributed by atoms with Crippen molar-refractivity contribution in [3.8, 4) is 11.5 Å². The van der Waals surface area contributed by atoms with Crippen LogP contribution in [0.2, 0.25) is 5.15 Å². The summed E-state index contributed by atoms with van der Waals surface area (Å²) in [6.45, 7) is 6.10. The summed E-state index contributed by atoms with van der Waals surface area (Å²) in [5.41, 5.74) is 1.66. The van der Waals surface area contributed by atoms with Gasteiger partial charge in [0.2, 0.25) is 0 Å². The van der Waals surface area contributed by atoms with Crippen LogP contribution in [0.25, 0.3) is 22.9 Å². The van der Waals surface area contributed by atoms with Crippen LogP contribution in [0.15, 0.2) is 37.3 Å². The molecule has 0 radical (unpaired) electrons. The molecule has 112 valence electrons. The molecular formula is C15H12ClFN4O. The van der Waals surface area contributed by atoms with E-state index in [9.17, 15) is 4.39 Å². The van der Waals surface area contributed by atoms with E-state index in [4.69, 9.17) is 16.3 Å². The molecule has 0 saturated heterocycles. The molecule has 0 spiro atoms. The molecule has 3 rings (SSSR count). The highest BCUT2D eigenvalue weighted by Gasteiger charge is 2.14. The van der Waals surface area contributed by atoms with Crippen molar-refractivity contribution in [2.45, 2.75) is 6.92 Å². The molecule has 7 heteroatoms. The minimum Gasteiger partial charge on any atom is -0.494 e. The number of nitrogens with zero attached hydrogens (tertiary/aromatic N) is 4. The second kappa shape index (κ2) is 5.73. The molecule has 3 aromatic heterocycles. The number of rotatable bonds is 4. The molecular weight excluding hydrogens is 307 g/mol. The number of imidazole rings is 1. The fraction of sp³-hybridized carbons (Fsp3) is 0.133. The van der Waals surface area contributed by atoms with Crippen molar-refractivity contribution in [1.82, 2.24) is 19.4 Å². The molecule has 0 N–H and O–H groups in total. The van der Waals surface area contributed by atoms with Gasteiger partial charge in [-0.3, -0.25) is 4.40 Å². The number of hydrogen-bond acceptors (Lipinski definition) is 4. The van der Waals surface area contributed by atoms with Crippen molar-refractivity contribution in [3.63, 3.8) is 0 Å². The first-order chi connectivity index (χ1) is 10.6. The molecule has 0 atom stereocenters. The van der Waals surface area contributed by atoms with Crippen molar-refractivity contribution in [2.75, 3.05) is 6.61 Å². The third-order valence-corrected chi connectivity index (χ3v) is 3.35. The molecule has 3 heterocycles. The van der Waals surface area contributed by atoms with Crippen molar-refractivity contribution >= 4 is 23.0 Å². The highest BCUT2D eigenvalue weighted by molar-refractivity contribution is 6.31. The molecule has 0 saturated carbocycles. The Kier molecular flexibility index (Phi) is 3.77. The van der Waals surface area contributed by atoms with Crippen LogP contribution in [0.4, 0.5) is 4.39 Å². The van der Waals surface area contributed by atoms with Crippen molar-refractivity contribution < 1.29 is 9.13 Å². The highest BCUT2D eigenvalue weighted by atomic mass is 35.5. The van der Waals surface area contributed by atoms with Crippen LogP contribution in [-0.2, 0) is 4.74 Å². The van der Waals surface area contributed by atoms with Crippen LogP contribution in [0, 0.1) is 5.82 Å². The van der Waals surface area contributed by atoms with Gasteiger partial charge in [-0.05, 0) is 19.1 Å². The maximum absolute atomic E-state index is 13.4. The molecule has 0 aliphatic rings. The van der Waals surface area contributed by atoms with Crippen molar-refractivity contribution in [1.29, 1.82) is 0 Å². The number of aromatic nitrogens is 4. The van der Waals surface area contributed by atoms with Crippen LogP contribution in [0.1, 0.15) is 12.5 Å². The smallest absolute Gasteiger partial charge is 0.179 e. The van der Waals surface area contributed by atoms with Crippen LogP contribution < -0.4 is 0 Å². The average molecular weight is 319 g/mol. The number of hydrogen-bond donors (Lipinski definition) is 0. The van der Waals surface area contributed by atoms with E-state index in [0.29, 0.717) is 35.1 Å². The first kappa shape index (κ1) is 14.5. The zero-order valence-corrected chi connectivity index (χ0v) is 12.5. The van der Waals surface area contributed by atoms with Gasteiger partial charge < -0.3 is 4.74 Å². The Balaban J connectivity index is 2.06. The lowest BCUT2D eigenvalue weighted by atomic mass is 10.3. The predicted molar refractivity (Wildman–Crippen MR) is 81.8 cm³/mol. The Labute approximate surface area is 131 Å². The Bertz CT molecular complexity index is 862. The number of ether oxygens (including phenoxy) is 1. The van der Waals surface area contributed by atoms with Crippen LogP contribution in [-0.4, -0.2) is 26.0 Å². The maximum atomic E-state index is 13.4. The van der Waals surface area contributed by atoms with E-state index in [-0.39, 0.29) is 11.0 Å². The quantitative estimate of drug-likeness (QED) is 0.545. The summed E-state index contributed by atoms with van der Waals surface area (Å²) in [7, 11) is 0. The van der Waals surface area contributed by atoms with Gasteiger partial charge in [0.25, 0.3) is 0 Å². The van der Waals surface area contributed by atoms with Gasteiger partial charge in [-0.2, -0.15) is 0 Å². The van der Waals surface area contributed by atoms with Crippen LogP contribution in [0.5, 0.6) is 0 Å². The molecule has 0 aliphatic heterocycles. The summed E-state index contributed by atoms with van der Waals surface area (Å²) in [6.07, 6.45) is 4.42. The topological polar surface area (TPSA) is 52.3 Å². The Hall–Kier alpha value is -2.47. The summed E-state index contributed by atoms with van der Waals surface area (Å²) in [6, 6.07) is 2.92. The summed E-state index contributed by atoms with van der Waals surface area (Å²) >= 11 is 6.16. The summed E-state index contributed by atoms with van der Waals surface area (Å²) in [4.78, 5) is 12.7. The highest BCUT2D eigenvalue weighted by Crippen LogP contribution is 2.25. The van der Waals surface area contributed by atoms with E-state index < -0.39 is 0 Å². The Morgan fingerprint density at radius 3 is 2.91 bits per heavy atom. The van der Waals surface area contributed by atoms with Crippen molar-refractivity contribution in [3.05, 3.63) is 53.8 Å². The van der Waals surface area contributed by atoms with E-state index in [2.05, 4.69) is 21.5 Å². The van der Waals surface area contributed by atoms with Gasteiger partial charge in [0.15, 0.2) is 5.82 Å². The molecule has 3 aromatic rings. The number of pyridine rings is 1. The van der Waals surface area contributed by atoms with Gasteiger partial charge in [0, 0.05) is 12.4 Å². The molecule has 0 bridgehead atoms. The number of fused-ring (bicyclic) bond motifs is 1. The van der Waals surface area contributed by atoms with Gasteiger partial charge in [0.05, 0.1) is 18.4 Å². The third-order valence-electron chi connectivity index (χ3n) is 3.06. The molecule has 5 nitrogen and oxygen atoms in total. The van der Waals surface area contributed by atoms with Crippen molar-refractivity contribution in [2.24, 2.45) is 0 Å². The monoisotopic (exact) mass is 318 g/mol. The van der Waals surface area contributed by atoms with Gasteiger partial charge in [-0.25, -0.2) is 19.3 Å². The minimum atomic E-state index is -0.376. The minimum absolute atomic E-state index is 0.217. The lowest BCUT2D eigenvalue weighted by molar-refractivity contribution is 0.299. The van der Waals surface area contributed by atoms with Crippen LogP contribution >= 0.6 is 11.6 Å². The summed E-state index contributed by atoms with van der Waals surface area (Å²) < 4.78 is 20.3. The van der Waals surface area contributed by atoms with E-state index in [1.807, 2.05) is 6.92 Å². The van der Waals surface area contributed by atoms with Crippen LogP contribution in [0.3, 0.4) is 0 Å². The molecule has 0 fully saturated rings. The van der Waals surface area contributed by atoms with E-state index >= 15 is 0 Å². The lowest BCUT2D eigenvalue weighted by Crippen LogP contribution is -1.99. The molecule has 0 unspecified atom stereocenters. The van der Waals surface area contributed by atoms with Gasteiger partial charge in [-0.15, -0.1) is 0 Å². The van der Waals surface area contributed by atoms with E-state index in [1.54, 1.807) is 16.7 Å². The number of halogens is 2. The third kappa shape index (κ3) is 2.53. The second-order valence-corrected chi connectivity index (χ2v) is 4.83. The molecule has 0 aromatic carbocycles. The fourth-order valence-electron chi connectivity index (χ4n) is 2.04. The molecule has 0 aliphatic carbocycles. The maximum Gasteiger partial charge on any atom is 0.179 e. The first-order valence-corrected chi connectivity index (χ1v) is 6.95. The molecule has 22 heavy (non-hydrogen) atoms. The van der Waals surface area contributed by atoms with Gasteiger partial charge >= 0.3 is 0 Å².